The van der Waals surface area contributed by atoms with E-state index < -0.39 is 0 Å². The van der Waals surface area contributed by atoms with Crippen LogP contribution in [-0.4, -0.2) is 0 Å². The zero-order valence-corrected chi connectivity index (χ0v) is 32.1. The first-order valence-corrected chi connectivity index (χ1v) is 19.7. The van der Waals surface area contributed by atoms with Crippen LogP contribution in [0.15, 0.2) is 255 Å². The zero-order valence-electron chi connectivity index (χ0n) is 32.1. The Balaban J connectivity index is 1.13. The maximum absolute atomic E-state index is 2.30. The van der Waals surface area contributed by atoms with Crippen LogP contribution in [0.25, 0.3) is 0 Å². The number of hydrogen-bond acceptors (Lipinski definition) is 3. The van der Waals surface area contributed by atoms with Gasteiger partial charge in [-0.05, 0) is 146 Å². The van der Waals surface area contributed by atoms with Gasteiger partial charge in [-0.1, -0.05) is 109 Å². The highest BCUT2D eigenvalue weighted by molar-refractivity contribution is 5.80. The fourth-order valence-electron chi connectivity index (χ4n) is 7.64. The van der Waals surface area contributed by atoms with Crippen molar-refractivity contribution in [2.45, 2.75) is 0 Å². The second kappa shape index (κ2) is 16.9. The third kappa shape index (κ3) is 7.70. The lowest BCUT2D eigenvalue weighted by atomic mass is 9.84. The van der Waals surface area contributed by atoms with Gasteiger partial charge in [0.2, 0.25) is 0 Å². The third-order valence-corrected chi connectivity index (χ3v) is 10.3. The topological polar surface area (TPSA) is 9.72 Å². The molecule has 58 heavy (non-hydrogen) atoms. The molecule has 3 heteroatoms. The molecule has 9 aromatic rings. The molecule has 0 aliphatic heterocycles. The summed E-state index contributed by atoms with van der Waals surface area (Å²) in [7, 11) is 0. The molecule has 0 radical (unpaired) electrons. The Hall–Kier alpha value is -7.75. The van der Waals surface area contributed by atoms with Crippen molar-refractivity contribution in [1.29, 1.82) is 0 Å². The van der Waals surface area contributed by atoms with Gasteiger partial charge >= 0.3 is 0 Å². The molecule has 0 aromatic heterocycles. The van der Waals surface area contributed by atoms with Crippen molar-refractivity contribution in [3.05, 3.63) is 277 Å². The van der Waals surface area contributed by atoms with Gasteiger partial charge in [0.25, 0.3) is 0 Å². The van der Waals surface area contributed by atoms with E-state index in [1.54, 1.807) is 0 Å². The van der Waals surface area contributed by atoms with Gasteiger partial charge in [0.1, 0.15) is 0 Å². The van der Waals surface area contributed by atoms with Crippen LogP contribution in [0.3, 0.4) is 0 Å². The summed E-state index contributed by atoms with van der Waals surface area (Å²) < 4.78 is 0. The van der Waals surface area contributed by atoms with Gasteiger partial charge in [-0.3, -0.25) is 0 Å². The molecular weight excluding hydrogens is 703 g/mol. The first-order valence-electron chi connectivity index (χ1n) is 19.7. The van der Waals surface area contributed by atoms with Crippen LogP contribution in [-0.2, 0) is 0 Å². The molecule has 276 valence electrons. The van der Waals surface area contributed by atoms with E-state index in [9.17, 15) is 0 Å². The molecule has 0 aliphatic rings. The van der Waals surface area contributed by atoms with Crippen molar-refractivity contribution >= 4 is 51.2 Å². The van der Waals surface area contributed by atoms with Gasteiger partial charge < -0.3 is 14.7 Å². The molecule has 0 unspecified atom stereocenters. The molecule has 0 bridgehead atoms. The van der Waals surface area contributed by atoms with E-state index in [1.807, 2.05) is 0 Å². The summed E-state index contributed by atoms with van der Waals surface area (Å²) in [6.45, 7) is 0. The zero-order chi connectivity index (χ0) is 38.9. The van der Waals surface area contributed by atoms with Crippen molar-refractivity contribution in [2.24, 2.45) is 0 Å². The van der Waals surface area contributed by atoms with Gasteiger partial charge in [0, 0.05) is 34.1 Å². The maximum Gasteiger partial charge on any atom is 0.0632 e. The minimum atomic E-state index is 1.09. The number of anilines is 9. The van der Waals surface area contributed by atoms with Gasteiger partial charge in [-0.2, -0.15) is 0 Å². The van der Waals surface area contributed by atoms with Crippen LogP contribution in [0.5, 0.6) is 0 Å². The Morgan fingerprint density at radius 3 is 0.500 bits per heavy atom. The Labute approximate surface area is 342 Å². The Morgan fingerprint density at radius 2 is 0.328 bits per heavy atom. The lowest BCUT2D eigenvalue weighted by Crippen LogP contribution is -2.12. The lowest BCUT2D eigenvalue weighted by molar-refractivity contribution is 1.20. The van der Waals surface area contributed by atoms with E-state index in [4.69, 9.17) is 0 Å². The third-order valence-electron chi connectivity index (χ3n) is 10.3. The van der Waals surface area contributed by atoms with Crippen LogP contribution in [0.2, 0.25) is 0 Å². The monoisotopic (exact) mass is 744 g/mol. The van der Waals surface area contributed by atoms with Crippen molar-refractivity contribution in [3.63, 3.8) is 0 Å². The molecule has 0 heterocycles. The standard InChI is InChI=1S/C55H42N3/c1-7-19-46(20-8-1)56(47-21-9-2-10-22-47)52-37-31-43(32-38-52)55(44-33-39-53(40-34-44)57(48-23-11-3-12-24-48)49-25-13-4-14-26-49)45-35-41-54(42-36-45)58(50-27-15-5-16-28-50)51-29-17-6-18-30-51/h1-42H/q+1. The van der Waals surface area contributed by atoms with Crippen molar-refractivity contribution in [3.8, 4) is 0 Å². The molecule has 0 fully saturated rings. The summed E-state index contributed by atoms with van der Waals surface area (Å²) >= 11 is 0. The van der Waals surface area contributed by atoms with Crippen LogP contribution >= 0.6 is 0 Å². The molecule has 3 nitrogen and oxygen atoms in total. The van der Waals surface area contributed by atoms with Crippen LogP contribution in [0.1, 0.15) is 16.7 Å². The van der Waals surface area contributed by atoms with Gasteiger partial charge in [0.05, 0.1) is 39.7 Å². The van der Waals surface area contributed by atoms with E-state index in [-0.39, 0.29) is 0 Å². The van der Waals surface area contributed by atoms with E-state index in [0.717, 1.165) is 73.8 Å². The summed E-state index contributed by atoms with van der Waals surface area (Å²) in [5.74, 6) is 1.16. The fraction of sp³-hybridized carbons (Fsp3) is 0. The highest BCUT2D eigenvalue weighted by atomic mass is 15.2. The van der Waals surface area contributed by atoms with E-state index >= 15 is 0 Å². The second-order valence-electron chi connectivity index (χ2n) is 14.0. The first-order chi connectivity index (χ1) is 28.8. The smallest absolute Gasteiger partial charge is 0.0632 e. The van der Waals surface area contributed by atoms with Crippen LogP contribution in [0, 0.1) is 5.92 Å². The summed E-state index contributed by atoms with van der Waals surface area (Å²) in [5, 5.41) is 0. The molecule has 0 aliphatic carbocycles. The Morgan fingerprint density at radius 1 is 0.172 bits per heavy atom. The average Bonchev–Trinajstić information content (AvgIpc) is 3.30. The molecule has 9 aromatic carbocycles. The summed E-state index contributed by atoms with van der Waals surface area (Å²) in [6.07, 6.45) is 0. The number of rotatable bonds is 12. The predicted molar refractivity (Wildman–Crippen MR) is 244 cm³/mol. The minimum absolute atomic E-state index is 1.09. The normalized spacial score (nSPS) is 10.8. The van der Waals surface area contributed by atoms with Crippen LogP contribution in [0.4, 0.5) is 51.2 Å². The molecule has 9 rings (SSSR count). The summed E-state index contributed by atoms with van der Waals surface area (Å²) in [5.41, 5.74) is 13.3. The highest BCUT2D eigenvalue weighted by Crippen LogP contribution is 2.41. The van der Waals surface area contributed by atoms with Crippen molar-refractivity contribution < 1.29 is 0 Å². The maximum atomic E-state index is 2.30. The minimum Gasteiger partial charge on any atom is -0.310 e. The molecule has 0 saturated heterocycles. The van der Waals surface area contributed by atoms with E-state index in [2.05, 4.69) is 269 Å². The number of nitrogens with zero attached hydrogens (tertiary/aromatic N) is 3. The quantitative estimate of drug-likeness (QED) is 0.0911. The van der Waals surface area contributed by atoms with Gasteiger partial charge in [-0.25, -0.2) is 0 Å². The van der Waals surface area contributed by atoms with Gasteiger partial charge in [0.15, 0.2) is 0 Å². The number of para-hydroxylation sites is 6. The summed E-state index contributed by atoms with van der Waals surface area (Å²) in [4.78, 5) is 6.91. The molecule has 0 spiro atoms. The SMILES string of the molecule is c1ccc(N(c2ccccc2)c2ccc([C+](c3ccc(N(c4ccccc4)c4ccccc4)cc3)c3ccc(N(c4ccccc4)c4ccccc4)cc3)cc2)cc1. The lowest BCUT2D eigenvalue weighted by Gasteiger charge is -2.26. The van der Waals surface area contributed by atoms with Gasteiger partial charge in [-0.15, -0.1) is 0 Å². The van der Waals surface area contributed by atoms with E-state index in [1.165, 1.54) is 0 Å². The fourth-order valence-corrected chi connectivity index (χ4v) is 7.64. The molecule has 0 amide bonds. The number of hydrogen-bond donors (Lipinski definition) is 0. The predicted octanol–water partition coefficient (Wildman–Crippen LogP) is 15.1. The molecule has 0 saturated carbocycles. The first kappa shape index (κ1) is 35.9. The van der Waals surface area contributed by atoms with Crippen LogP contribution < -0.4 is 14.7 Å². The van der Waals surface area contributed by atoms with Crippen molar-refractivity contribution in [1.82, 2.24) is 0 Å². The van der Waals surface area contributed by atoms with Crippen molar-refractivity contribution in [2.75, 3.05) is 14.7 Å². The molecular formula is C55H42N3+. The molecule has 0 N–H and O–H groups in total. The molecule has 0 atom stereocenters. The highest BCUT2D eigenvalue weighted by Gasteiger charge is 2.25. The number of benzene rings is 9. The second-order valence-corrected chi connectivity index (χ2v) is 14.0. The Kier molecular flexibility index (Phi) is 10.5. The average molecular weight is 745 g/mol. The Bertz CT molecular complexity index is 2200. The van der Waals surface area contributed by atoms with E-state index in [0.29, 0.717) is 0 Å². The summed E-state index contributed by atoms with van der Waals surface area (Å²) in [6, 6.07) is 90.3. The largest absolute Gasteiger partial charge is 0.310 e.